The molecule has 0 amide bonds. The second-order valence-corrected chi connectivity index (χ2v) is 6.92. The number of sulfonamides is 1. The van der Waals surface area contributed by atoms with Gasteiger partial charge in [0.05, 0.1) is 11.5 Å². The van der Waals surface area contributed by atoms with Crippen molar-refractivity contribution in [2.24, 2.45) is 10.9 Å². The van der Waals surface area contributed by atoms with Gasteiger partial charge in [0.1, 0.15) is 6.10 Å². The molecular weight excluding hydrogens is 294 g/mol. The van der Waals surface area contributed by atoms with Gasteiger partial charge in [0.25, 0.3) is 0 Å². The van der Waals surface area contributed by atoms with Crippen LogP contribution in [0, 0.1) is 13.8 Å². The number of nitrogens with two attached hydrogens (primary N) is 1. The molecule has 0 bridgehead atoms. The maximum atomic E-state index is 12.7. The third-order valence-corrected chi connectivity index (χ3v) is 5.44. The van der Waals surface area contributed by atoms with Gasteiger partial charge in [0.15, 0.2) is 5.84 Å². The molecule has 1 aromatic rings. The Morgan fingerprint density at radius 3 is 2.86 bits per heavy atom. The first-order valence-electron chi connectivity index (χ1n) is 6.52. The summed E-state index contributed by atoms with van der Waals surface area (Å²) >= 11 is 0. The van der Waals surface area contributed by atoms with Crippen LogP contribution in [0.4, 0.5) is 0 Å². The fraction of sp³-hybridized carbons (Fsp3) is 0.462. The Morgan fingerprint density at radius 1 is 1.48 bits per heavy atom. The summed E-state index contributed by atoms with van der Waals surface area (Å²) in [6.07, 6.45) is -0.733. The third-order valence-electron chi connectivity index (χ3n) is 3.44. The topological polar surface area (TPSA) is 105 Å². The van der Waals surface area contributed by atoms with Gasteiger partial charge in [-0.05, 0) is 31.0 Å². The van der Waals surface area contributed by atoms with Crippen molar-refractivity contribution in [2.45, 2.75) is 24.8 Å². The minimum Gasteiger partial charge on any atom is -0.409 e. The average molecular weight is 313 g/mol. The molecule has 1 saturated heterocycles. The molecule has 1 aliphatic heterocycles. The number of rotatable bonds is 3. The van der Waals surface area contributed by atoms with Crippen LogP contribution in [0.25, 0.3) is 0 Å². The maximum absolute atomic E-state index is 12.7. The van der Waals surface area contributed by atoms with Crippen molar-refractivity contribution in [2.75, 3.05) is 19.7 Å². The zero-order chi connectivity index (χ0) is 15.6. The van der Waals surface area contributed by atoms with Crippen molar-refractivity contribution in [3.63, 3.8) is 0 Å². The second kappa shape index (κ2) is 6.00. The monoisotopic (exact) mass is 313 g/mol. The van der Waals surface area contributed by atoms with Crippen molar-refractivity contribution < 1.29 is 18.4 Å². The summed E-state index contributed by atoms with van der Waals surface area (Å²) in [6.45, 7) is 4.08. The van der Waals surface area contributed by atoms with E-state index < -0.39 is 16.1 Å². The largest absolute Gasteiger partial charge is 0.409 e. The van der Waals surface area contributed by atoms with Crippen molar-refractivity contribution in [1.29, 1.82) is 0 Å². The molecule has 1 aliphatic rings. The highest BCUT2D eigenvalue weighted by Crippen LogP contribution is 2.23. The molecule has 0 aliphatic carbocycles. The van der Waals surface area contributed by atoms with Crippen molar-refractivity contribution in [1.82, 2.24) is 4.31 Å². The van der Waals surface area contributed by atoms with Crippen molar-refractivity contribution >= 4 is 15.9 Å². The highest BCUT2D eigenvalue weighted by Gasteiger charge is 2.33. The van der Waals surface area contributed by atoms with E-state index in [1.54, 1.807) is 19.1 Å². The SMILES string of the molecule is Cc1ccc(C)c(S(=O)(=O)N2CCOC(C(N)=NO)C2)c1. The average Bonchev–Trinajstić information content (AvgIpc) is 2.49. The summed E-state index contributed by atoms with van der Waals surface area (Å²) in [4.78, 5) is 0.280. The first-order valence-corrected chi connectivity index (χ1v) is 7.96. The van der Waals surface area contributed by atoms with Gasteiger partial charge in [-0.1, -0.05) is 17.3 Å². The Labute approximate surface area is 124 Å². The fourth-order valence-corrected chi connectivity index (χ4v) is 3.95. The normalized spacial score (nSPS) is 21.4. The molecule has 0 radical (unpaired) electrons. The molecule has 1 atom stereocenters. The third kappa shape index (κ3) is 3.17. The van der Waals surface area contributed by atoms with Crippen LogP contribution in [-0.2, 0) is 14.8 Å². The quantitative estimate of drug-likeness (QED) is 0.364. The number of ether oxygens (including phenoxy) is 1. The number of hydrogen-bond donors (Lipinski definition) is 2. The van der Waals surface area contributed by atoms with E-state index in [9.17, 15) is 8.42 Å². The van der Waals surface area contributed by atoms with Gasteiger partial charge < -0.3 is 15.7 Å². The maximum Gasteiger partial charge on any atom is 0.243 e. The smallest absolute Gasteiger partial charge is 0.243 e. The number of amidine groups is 1. The number of aryl methyl sites for hydroxylation is 2. The van der Waals surface area contributed by atoms with Gasteiger partial charge in [0, 0.05) is 13.1 Å². The Kier molecular flexibility index (Phi) is 4.50. The predicted molar refractivity (Wildman–Crippen MR) is 77.8 cm³/mol. The first kappa shape index (κ1) is 15.7. The van der Waals surface area contributed by atoms with Gasteiger partial charge in [0.2, 0.25) is 10.0 Å². The lowest BCUT2D eigenvalue weighted by molar-refractivity contribution is 0.0355. The zero-order valence-electron chi connectivity index (χ0n) is 12.0. The lowest BCUT2D eigenvalue weighted by atomic mass is 10.2. The molecule has 1 unspecified atom stereocenters. The van der Waals surface area contributed by atoms with Crippen LogP contribution in [0.2, 0.25) is 0 Å². The molecule has 1 fully saturated rings. The number of oxime groups is 1. The molecule has 2 rings (SSSR count). The molecule has 7 nitrogen and oxygen atoms in total. The minimum atomic E-state index is -3.63. The van der Waals surface area contributed by atoms with Crippen LogP contribution in [0.3, 0.4) is 0 Å². The molecule has 1 aromatic carbocycles. The Balaban J connectivity index is 2.33. The van der Waals surface area contributed by atoms with E-state index in [0.717, 1.165) is 5.56 Å². The van der Waals surface area contributed by atoms with Crippen molar-refractivity contribution in [3.05, 3.63) is 29.3 Å². The Bertz CT molecular complexity index is 657. The van der Waals surface area contributed by atoms with Gasteiger partial charge in [-0.15, -0.1) is 0 Å². The van der Waals surface area contributed by atoms with Crippen LogP contribution >= 0.6 is 0 Å². The number of nitrogens with zero attached hydrogens (tertiary/aromatic N) is 2. The molecule has 3 N–H and O–H groups in total. The summed E-state index contributed by atoms with van der Waals surface area (Å²) < 4.78 is 32.1. The highest BCUT2D eigenvalue weighted by atomic mass is 32.2. The number of benzene rings is 1. The van der Waals surface area contributed by atoms with Gasteiger partial charge in [-0.2, -0.15) is 4.31 Å². The second-order valence-electron chi connectivity index (χ2n) is 5.02. The van der Waals surface area contributed by atoms with E-state index in [1.807, 2.05) is 13.0 Å². The Morgan fingerprint density at radius 2 is 2.19 bits per heavy atom. The standard InChI is InChI=1S/C13H19N3O4S/c1-9-3-4-10(2)12(7-9)21(18,19)16-5-6-20-11(8-16)13(14)15-17/h3-4,7,11,17H,5-6,8H2,1-2H3,(H2,14,15). The molecule has 0 spiro atoms. The number of morpholine rings is 1. The fourth-order valence-electron chi connectivity index (χ4n) is 2.21. The van der Waals surface area contributed by atoms with Crippen LogP contribution < -0.4 is 5.73 Å². The predicted octanol–water partition coefficient (Wildman–Crippen LogP) is 0.439. The lowest BCUT2D eigenvalue weighted by Crippen LogP contribution is -2.50. The molecular formula is C13H19N3O4S. The van der Waals surface area contributed by atoms with Crippen LogP contribution in [0.15, 0.2) is 28.3 Å². The number of hydrogen-bond acceptors (Lipinski definition) is 5. The summed E-state index contributed by atoms with van der Waals surface area (Å²) in [5.41, 5.74) is 7.06. The van der Waals surface area contributed by atoms with E-state index in [2.05, 4.69) is 5.16 Å². The summed E-state index contributed by atoms with van der Waals surface area (Å²) in [6, 6.07) is 5.30. The lowest BCUT2D eigenvalue weighted by Gasteiger charge is -2.31. The van der Waals surface area contributed by atoms with Crippen molar-refractivity contribution in [3.8, 4) is 0 Å². The van der Waals surface area contributed by atoms with Gasteiger partial charge in [-0.3, -0.25) is 0 Å². The van der Waals surface area contributed by atoms with Gasteiger partial charge >= 0.3 is 0 Å². The van der Waals surface area contributed by atoms with Gasteiger partial charge in [-0.25, -0.2) is 8.42 Å². The molecule has 8 heteroatoms. The van der Waals surface area contributed by atoms with E-state index in [4.69, 9.17) is 15.7 Å². The minimum absolute atomic E-state index is 0.0333. The van der Waals surface area contributed by atoms with E-state index in [1.165, 1.54) is 4.31 Å². The Hall–Kier alpha value is -1.64. The zero-order valence-corrected chi connectivity index (χ0v) is 12.8. The van der Waals surface area contributed by atoms with Crippen LogP contribution in [-0.4, -0.2) is 49.6 Å². The van der Waals surface area contributed by atoms with Crippen LogP contribution in [0.1, 0.15) is 11.1 Å². The molecule has 21 heavy (non-hydrogen) atoms. The molecule has 116 valence electrons. The summed E-state index contributed by atoms with van der Waals surface area (Å²) in [7, 11) is -3.63. The first-order chi connectivity index (χ1) is 9.86. The van der Waals surface area contributed by atoms with Crippen LogP contribution in [0.5, 0.6) is 0 Å². The van der Waals surface area contributed by atoms with E-state index in [0.29, 0.717) is 5.56 Å². The summed E-state index contributed by atoms with van der Waals surface area (Å²) in [5.74, 6) is -0.129. The summed E-state index contributed by atoms with van der Waals surface area (Å²) in [5, 5.41) is 11.6. The molecule has 0 aromatic heterocycles. The highest BCUT2D eigenvalue weighted by molar-refractivity contribution is 7.89. The van der Waals surface area contributed by atoms with E-state index in [-0.39, 0.29) is 30.4 Å². The van der Waals surface area contributed by atoms with E-state index >= 15 is 0 Å². The molecule has 1 heterocycles. The molecule has 0 saturated carbocycles.